The molecule has 1 amide bonds. The molecule has 0 radical (unpaired) electrons. The number of ether oxygens (including phenoxy) is 1. The van der Waals surface area contributed by atoms with Crippen LogP contribution in [0.3, 0.4) is 0 Å². The van der Waals surface area contributed by atoms with Crippen molar-refractivity contribution in [1.82, 2.24) is 14.4 Å². The smallest absolute Gasteiger partial charge is 0.323 e. The fourth-order valence-corrected chi connectivity index (χ4v) is 5.79. The Morgan fingerprint density at radius 2 is 1.94 bits per heavy atom. The molecule has 2 saturated heterocycles. The molecule has 3 N–H and O–H groups in total. The number of nitrogens with one attached hydrogen (secondary N) is 1. The third-order valence-electron chi connectivity index (χ3n) is 7.56. The van der Waals surface area contributed by atoms with Crippen LogP contribution >= 0.6 is 0 Å². The van der Waals surface area contributed by atoms with E-state index >= 15 is 0 Å². The van der Waals surface area contributed by atoms with Crippen molar-refractivity contribution in [3.63, 3.8) is 0 Å². The number of nitrogens with two attached hydrogens (primary N) is 1. The minimum atomic E-state index is -0.297. The molecule has 1 aromatic heterocycles. The Balaban J connectivity index is 1.42. The molecule has 1 aromatic carbocycles. The lowest BCUT2D eigenvalue weighted by Gasteiger charge is -2.35. The Morgan fingerprint density at radius 1 is 1.11 bits per heavy atom. The van der Waals surface area contributed by atoms with Gasteiger partial charge in [-0.2, -0.15) is 0 Å². The highest BCUT2D eigenvalue weighted by Gasteiger charge is 2.34. The van der Waals surface area contributed by atoms with Gasteiger partial charge in [0.2, 0.25) is 5.91 Å². The van der Waals surface area contributed by atoms with Crippen molar-refractivity contribution in [1.29, 1.82) is 5.41 Å². The lowest BCUT2D eigenvalue weighted by atomic mass is 10.0. The summed E-state index contributed by atoms with van der Waals surface area (Å²) in [5.41, 5.74) is 8.79. The molecule has 8 nitrogen and oxygen atoms in total. The van der Waals surface area contributed by atoms with Crippen molar-refractivity contribution in [2.24, 2.45) is 5.73 Å². The molecule has 0 bridgehead atoms. The number of rotatable bonds is 9. The van der Waals surface area contributed by atoms with Crippen LogP contribution in [-0.2, 0) is 27.3 Å². The minimum absolute atomic E-state index is 0.0799. The Kier molecular flexibility index (Phi) is 8.11. The highest BCUT2D eigenvalue weighted by atomic mass is 16.5. The number of nitrogens with zero attached hydrogens (tertiary/aromatic N) is 3. The number of benzene rings is 1. The molecule has 35 heavy (non-hydrogen) atoms. The monoisotopic (exact) mass is 481 g/mol. The number of amides is 1. The molecule has 4 rings (SSSR count). The number of hydrogen-bond donors (Lipinski definition) is 2. The van der Waals surface area contributed by atoms with Gasteiger partial charge in [0.1, 0.15) is 11.9 Å². The predicted molar refractivity (Wildman–Crippen MR) is 138 cm³/mol. The summed E-state index contributed by atoms with van der Waals surface area (Å²) in [7, 11) is 0. The summed E-state index contributed by atoms with van der Waals surface area (Å²) >= 11 is 0. The number of fused-ring (bicyclic) bond motifs is 1. The van der Waals surface area contributed by atoms with Crippen molar-refractivity contribution in [3.05, 3.63) is 35.5 Å². The van der Waals surface area contributed by atoms with Crippen molar-refractivity contribution in [3.8, 4) is 0 Å². The number of nitrogen functional groups attached to an aromatic ring is 1. The fraction of sp³-hybridized carbons (Fsp3) is 0.593. The summed E-state index contributed by atoms with van der Waals surface area (Å²) in [4.78, 5) is 29.8. The molecule has 2 aromatic rings. The summed E-state index contributed by atoms with van der Waals surface area (Å²) in [6, 6.07) is 8.08. The summed E-state index contributed by atoms with van der Waals surface area (Å²) in [6.45, 7) is 7.03. The number of likely N-dealkylation sites (tertiary alicyclic amines) is 2. The molecule has 0 spiro atoms. The number of amidine groups is 1. The maximum atomic E-state index is 13.3. The summed E-state index contributed by atoms with van der Waals surface area (Å²) in [6.07, 6.45) is 6.64. The van der Waals surface area contributed by atoms with Gasteiger partial charge in [-0.1, -0.05) is 18.6 Å². The quantitative estimate of drug-likeness (QED) is 0.325. The molecule has 2 fully saturated rings. The molecular formula is C27H39N5O3. The summed E-state index contributed by atoms with van der Waals surface area (Å²) in [5.74, 6) is 0.0143. The molecule has 8 heteroatoms. The van der Waals surface area contributed by atoms with Crippen LogP contribution in [0.25, 0.3) is 10.9 Å². The van der Waals surface area contributed by atoms with E-state index in [2.05, 4.69) is 17.6 Å². The first-order chi connectivity index (χ1) is 16.9. The SMILES string of the molecule is CCOC(=O)C1CCCCN1CC(=O)N1CCC[C@H]1CCc1cc2ccc(C(=N)N)cc2n1CC. The van der Waals surface area contributed by atoms with Crippen LogP contribution in [0, 0.1) is 5.41 Å². The number of esters is 1. The van der Waals surface area contributed by atoms with Gasteiger partial charge in [0.15, 0.2) is 0 Å². The minimum Gasteiger partial charge on any atom is -0.465 e. The maximum Gasteiger partial charge on any atom is 0.323 e. The van der Waals surface area contributed by atoms with Crippen LogP contribution in [-0.4, -0.2) is 70.4 Å². The van der Waals surface area contributed by atoms with Crippen LogP contribution in [0.1, 0.15) is 63.6 Å². The summed E-state index contributed by atoms with van der Waals surface area (Å²) in [5, 5.41) is 8.91. The van der Waals surface area contributed by atoms with Crippen LogP contribution < -0.4 is 5.73 Å². The molecule has 1 unspecified atom stereocenters. The van der Waals surface area contributed by atoms with Crippen LogP contribution in [0.4, 0.5) is 0 Å². The molecule has 3 heterocycles. The van der Waals surface area contributed by atoms with Crippen LogP contribution in [0.2, 0.25) is 0 Å². The molecule has 2 atom stereocenters. The van der Waals surface area contributed by atoms with Gasteiger partial charge >= 0.3 is 5.97 Å². The molecule has 0 saturated carbocycles. The van der Waals surface area contributed by atoms with E-state index in [9.17, 15) is 9.59 Å². The Labute approximate surface area is 207 Å². The zero-order valence-electron chi connectivity index (χ0n) is 21.1. The van der Waals surface area contributed by atoms with Crippen molar-refractivity contribution in [2.45, 2.75) is 77.4 Å². The van der Waals surface area contributed by atoms with Crippen molar-refractivity contribution >= 4 is 28.6 Å². The number of hydrogen-bond acceptors (Lipinski definition) is 5. The maximum absolute atomic E-state index is 13.3. The zero-order valence-corrected chi connectivity index (χ0v) is 21.1. The van der Waals surface area contributed by atoms with Gasteiger partial charge in [0.05, 0.1) is 13.2 Å². The lowest BCUT2D eigenvalue weighted by Crippen LogP contribution is -2.51. The van der Waals surface area contributed by atoms with Gasteiger partial charge < -0.3 is 19.9 Å². The lowest BCUT2D eigenvalue weighted by molar-refractivity contribution is -0.152. The van der Waals surface area contributed by atoms with E-state index in [1.807, 2.05) is 34.9 Å². The second-order valence-electron chi connectivity index (χ2n) is 9.72. The highest BCUT2D eigenvalue weighted by molar-refractivity contribution is 5.98. The average Bonchev–Trinajstić information content (AvgIpc) is 3.46. The van der Waals surface area contributed by atoms with Gasteiger partial charge in [0.25, 0.3) is 0 Å². The van der Waals surface area contributed by atoms with E-state index < -0.39 is 0 Å². The molecular weight excluding hydrogens is 442 g/mol. The van der Waals surface area contributed by atoms with Crippen LogP contribution in [0.15, 0.2) is 24.3 Å². The number of piperidine rings is 1. The topological polar surface area (TPSA) is 105 Å². The Morgan fingerprint density at radius 3 is 2.69 bits per heavy atom. The second kappa shape index (κ2) is 11.2. The third-order valence-corrected chi connectivity index (χ3v) is 7.56. The predicted octanol–water partition coefficient (Wildman–Crippen LogP) is 3.29. The van der Waals surface area contributed by atoms with E-state index in [0.29, 0.717) is 13.2 Å². The van der Waals surface area contributed by atoms with E-state index in [0.717, 1.165) is 81.0 Å². The largest absolute Gasteiger partial charge is 0.465 e. The number of aromatic nitrogens is 1. The average molecular weight is 482 g/mol. The number of aryl methyl sites for hydroxylation is 2. The Hall–Kier alpha value is -2.87. The zero-order chi connectivity index (χ0) is 24.9. The third kappa shape index (κ3) is 5.53. The van der Waals surface area contributed by atoms with Gasteiger partial charge in [-0.25, -0.2) is 0 Å². The van der Waals surface area contributed by atoms with Crippen molar-refractivity contribution in [2.75, 3.05) is 26.2 Å². The van der Waals surface area contributed by atoms with E-state index in [4.69, 9.17) is 15.9 Å². The molecule has 0 aliphatic carbocycles. The second-order valence-corrected chi connectivity index (χ2v) is 9.72. The first kappa shape index (κ1) is 25.2. The molecule has 2 aliphatic rings. The van der Waals surface area contributed by atoms with Gasteiger partial charge in [-0.05, 0) is 76.4 Å². The first-order valence-electron chi connectivity index (χ1n) is 13.1. The molecule has 190 valence electrons. The summed E-state index contributed by atoms with van der Waals surface area (Å²) < 4.78 is 7.56. The van der Waals surface area contributed by atoms with Gasteiger partial charge in [-0.3, -0.25) is 19.9 Å². The van der Waals surface area contributed by atoms with E-state index in [1.165, 1.54) is 5.69 Å². The number of carbonyl (C=O) groups is 2. The van der Waals surface area contributed by atoms with Gasteiger partial charge in [-0.15, -0.1) is 0 Å². The van der Waals surface area contributed by atoms with Crippen LogP contribution in [0.5, 0.6) is 0 Å². The normalized spacial score (nSPS) is 20.9. The van der Waals surface area contributed by atoms with Gasteiger partial charge in [0, 0.05) is 35.9 Å². The standard InChI is InChI=1S/C27H39N5O3/c1-3-31-22(16-19-10-11-20(26(28)29)17-24(19)31)13-12-21-8-7-15-32(21)25(33)18-30-14-6-5-9-23(30)27(34)35-4-2/h10-11,16-17,21,23H,3-9,12-15,18H2,1-2H3,(H3,28,29)/t21-,23?/m0/s1. The van der Waals surface area contributed by atoms with E-state index in [-0.39, 0.29) is 29.8 Å². The van der Waals surface area contributed by atoms with E-state index in [1.54, 1.807) is 0 Å². The Bertz CT molecular complexity index is 1080. The number of carbonyl (C=O) groups excluding carboxylic acids is 2. The fourth-order valence-electron chi connectivity index (χ4n) is 5.79. The first-order valence-corrected chi connectivity index (χ1v) is 13.1. The van der Waals surface area contributed by atoms with Crippen molar-refractivity contribution < 1.29 is 14.3 Å². The highest BCUT2D eigenvalue weighted by Crippen LogP contribution is 2.27. The molecule has 2 aliphatic heterocycles.